The van der Waals surface area contributed by atoms with Crippen LogP contribution in [0.5, 0.6) is 0 Å². The van der Waals surface area contributed by atoms with Gasteiger partial charge in [0.15, 0.2) is 5.69 Å². The molecule has 2 aromatic rings. The van der Waals surface area contributed by atoms with E-state index in [1.54, 1.807) is 6.07 Å². The molecule has 1 aliphatic heterocycles. The van der Waals surface area contributed by atoms with Gasteiger partial charge >= 0.3 is 0 Å². The number of aromatic nitrogens is 2. The molecule has 3 rings (SSSR count). The molecule has 9 heteroatoms. The van der Waals surface area contributed by atoms with Crippen LogP contribution in [0.2, 0.25) is 5.02 Å². The number of allylic oxidation sites excluding steroid dienone is 1. The Bertz CT molecular complexity index is 915. The first kappa shape index (κ1) is 18.8. The second-order valence-corrected chi connectivity index (χ2v) is 6.17. The lowest BCUT2D eigenvalue weighted by molar-refractivity contribution is 0.0946. The standard InChI is InChI=1S/C18H18ClFN6O/c1-2-3-6-21-15-8-14-16(26-25-15)17(24-10-23-14)18(27)22-9-11-4-5-13(20)12(19)7-11/h2-5,7,10,26H,6,8-9H2,1H3,(H,21,25)(H,22,27)/b3-2+. The highest BCUT2D eigenvalue weighted by molar-refractivity contribution is 6.30. The summed E-state index contributed by atoms with van der Waals surface area (Å²) in [5.74, 6) is -0.150. The lowest BCUT2D eigenvalue weighted by Crippen LogP contribution is -2.38. The maximum Gasteiger partial charge on any atom is 0.272 e. The van der Waals surface area contributed by atoms with Crippen molar-refractivity contribution in [2.45, 2.75) is 19.9 Å². The molecule has 0 unspecified atom stereocenters. The SMILES string of the molecule is C/C=C/CN=C1Cc2ncnc(C(=O)NCc3ccc(F)c(Cl)c3)c2NN1. The van der Waals surface area contributed by atoms with E-state index in [2.05, 4.69) is 31.1 Å². The monoisotopic (exact) mass is 388 g/mol. The van der Waals surface area contributed by atoms with Crippen molar-refractivity contribution < 1.29 is 9.18 Å². The smallest absolute Gasteiger partial charge is 0.272 e. The number of benzene rings is 1. The van der Waals surface area contributed by atoms with Crippen molar-refractivity contribution in [1.29, 1.82) is 0 Å². The second-order valence-electron chi connectivity index (χ2n) is 5.76. The first-order chi connectivity index (χ1) is 13.1. The van der Waals surface area contributed by atoms with Gasteiger partial charge in [-0.1, -0.05) is 29.8 Å². The van der Waals surface area contributed by atoms with Crippen LogP contribution in [0, 0.1) is 5.82 Å². The van der Waals surface area contributed by atoms with Gasteiger partial charge in [-0.25, -0.2) is 14.4 Å². The van der Waals surface area contributed by atoms with E-state index in [0.717, 1.165) is 5.84 Å². The number of hydrogen-bond acceptors (Lipinski definition) is 5. The second kappa shape index (κ2) is 8.59. The number of halogens is 2. The molecule has 27 heavy (non-hydrogen) atoms. The average Bonchev–Trinajstić information content (AvgIpc) is 2.68. The van der Waals surface area contributed by atoms with E-state index in [1.807, 2.05) is 19.1 Å². The van der Waals surface area contributed by atoms with E-state index in [-0.39, 0.29) is 23.2 Å². The first-order valence-corrected chi connectivity index (χ1v) is 8.68. The Kier molecular flexibility index (Phi) is 5.97. The van der Waals surface area contributed by atoms with Crippen LogP contribution in [-0.4, -0.2) is 28.3 Å². The minimum Gasteiger partial charge on any atom is -0.347 e. The highest BCUT2D eigenvalue weighted by Crippen LogP contribution is 2.20. The van der Waals surface area contributed by atoms with E-state index in [4.69, 9.17) is 11.6 Å². The average molecular weight is 389 g/mol. The number of fused-ring (bicyclic) bond motifs is 1. The molecule has 0 spiro atoms. The summed E-state index contributed by atoms with van der Waals surface area (Å²) in [6.07, 6.45) is 5.67. The summed E-state index contributed by atoms with van der Waals surface area (Å²) >= 11 is 5.76. The van der Waals surface area contributed by atoms with Gasteiger partial charge < -0.3 is 5.32 Å². The Morgan fingerprint density at radius 1 is 1.41 bits per heavy atom. The molecule has 0 saturated carbocycles. The predicted molar refractivity (Wildman–Crippen MR) is 102 cm³/mol. The Labute approximate surface area is 160 Å². The number of rotatable bonds is 5. The molecule has 0 atom stereocenters. The third-order valence-electron chi connectivity index (χ3n) is 3.87. The molecule has 3 N–H and O–H groups in total. The molecule has 1 aromatic carbocycles. The van der Waals surface area contributed by atoms with Gasteiger partial charge in [-0.05, 0) is 24.6 Å². The van der Waals surface area contributed by atoms with Gasteiger partial charge in [0.25, 0.3) is 5.91 Å². The zero-order chi connectivity index (χ0) is 19.2. The first-order valence-electron chi connectivity index (χ1n) is 8.31. The van der Waals surface area contributed by atoms with Gasteiger partial charge in [0.1, 0.15) is 23.7 Å². The van der Waals surface area contributed by atoms with Crippen molar-refractivity contribution >= 4 is 29.0 Å². The van der Waals surface area contributed by atoms with Gasteiger partial charge in [-0.3, -0.25) is 20.6 Å². The topological polar surface area (TPSA) is 91.3 Å². The third kappa shape index (κ3) is 4.59. The number of amides is 1. The fraction of sp³-hybridized carbons (Fsp3) is 0.222. The normalized spacial score (nSPS) is 14.6. The van der Waals surface area contributed by atoms with E-state index < -0.39 is 5.82 Å². The Morgan fingerprint density at radius 2 is 2.26 bits per heavy atom. The number of hydrazine groups is 1. The number of hydrogen-bond donors (Lipinski definition) is 3. The maximum absolute atomic E-state index is 13.2. The van der Waals surface area contributed by atoms with Gasteiger partial charge in [-0.2, -0.15) is 0 Å². The number of anilines is 1. The van der Waals surface area contributed by atoms with Crippen LogP contribution < -0.4 is 16.2 Å². The summed E-state index contributed by atoms with van der Waals surface area (Å²) in [6, 6.07) is 4.29. The molecule has 0 fully saturated rings. The minimum absolute atomic E-state index is 0.0109. The molecular formula is C18H18ClFN6O. The number of carbonyl (C=O) groups excluding carboxylic acids is 1. The van der Waals surface area contributed by atoms with Crippen LogP contribution in [0.4, 0.5) is 10.1 Å². The number of aliphatic imine (C=N–C) groups is 1. The predicted octanol–water partition coefficient (Wildman–Crippen LogP) is 2.65. The van der Waals surface area contributed by atoms with Gasteiger partial charge in [0.2, 0.25) is 0 Å². The van der Waals surface area contributed by atoms with Crippen molar-refractivity contribution in [1.82, 2.24) is 20.7 Å². The Balaban J connectivity index is 1.70. The molecule has 1 aromatic heterocycles. The number of amidine groups is 1. The van der Waals surface area contributed by atoms with E-state index in [0.29, 0.717) is 29.9 Å². The fourth-order valence-corrected chi connectivity index (χ4v) is 2.68. The molecule has 0 saturated heterocycles. The van der Waals surface area contributed by atoms with Crippen LogP contribution >= 0.6 is 11.6 Å². The van der Waals surface area contributed by atoms with Crippen LogP contribution in [0.25, 0.3) is 0 Å². The maximum atomic E-state index is 13.2. The lowest BCUT2D eigenvalue weighted by Gasteiger charge is -2.22. The van der Waals surface area contributed by atoms with Crippen molar-refractivity contribution in [2.24, 2.45) is 4.99 Å². The summed E-state index contributed by atoms with van der Waals surface area (Å²) in [5, 5.41) is 2.76. The summed E-state index contributed by atoms with van der Waals surface area (Å²) in [4.78, 5) is 25.2. The van der Waals surface area contributed by atoms with E-state index in [9.17, 15) is 9.18 Å². The van der Waals surface area contributed by atoms with E-state index in [1.165, 1.54) is 18.5 Å². The number of carbonyl (C=O) groups is 1. The quantitative estimate of drug-likeness (QED) is 0.685. The number of nitrogens with one attached hydrogen (secondary N) is 3. The zero-order valence-electron chi connectivity index (χ0n) is 14.6. The summed E-state index contributed by atoms with van der Waals surface area (Å²) in [6.45, 7) is 2.69. The molecular weight excluding hydrogens is 371 g/mol. The third-order valence-corrected chi connectivity index (χ3v) is 4.16. The molecule has 0 aliphatic carbocycles. The molecule has 0 bridgehead atoms. The zero-order valence-corrected chi connectivity index (χ0v) is 15.3. The molecule has 0 radical (unpaired) electrons. The molecule has 2 heterocycles. The molecule has 7 nitrogen and oxygen atoms in total. The minimum atomic E-state index is -0.501. The molecule has 1 aliphatic rings. The van der Waals surface area contributed by atoms with Crippen molar-refractivity contribution in [2.75, 3.05) is 12.0 Å². The summed E-state index contributed by atoms with van der Waals surface area (Å²) < 4.78 is 13.2. The van der Waals surface area contributed by atoms with E-state index >= 15 is 0 Å². The van der Waals surface area contributed by atoms with Crippen LogP contribution in [0.3, 0.4) is 0 Å². The Hall–Kier alpha value is -3.00. The van der Waals surface area contributed by atoms with Crippen LogP contribution in [0.15, 0.2) is 41.7 Å². The number of nitrogens with zero attached hydrogens (tertiary/aromatic N) is 3. The van der Waals surface area contributed by atoms with Crippen molar-refractivity contribution in [3.8, 4) is 0 Å². The highest BCUT2D eigenvalue weighted by atomic mass is 35.5. The fourth-order valence-electron chi connectivity index (χ4n) is 2.48. The van der Waals surface area contributed by atoms with Gasteiger partial charge in [0, 0.05) is 6.54 Å². The molecule has 140 valence electrons. The largest absolute Gasteiger partial charge is 0.347 e. The van der Waals surface area contributed by atoms with Crippen LogP contribution in [0.1, 0.15) is 28.7 Å². The summed E-state index contributed by atoms with van der Waals surface area (Å²) in [5.41, 5.74) is 7.99. The van der Waals surface area contributed by atoms with Crippen LogP contribution in [-0.2, 0) is 13.0 Å². The highest BCUT2D eigenvalue weighted by Gasteiger charge is 2.22. The molecule has 1 amide bonds. The van der Waals surface area contributed by atoms with Gasteiger partial charge in [-0.15, -0.1) is 0 Å². The lowest BCUT2D eigenvalue weighted by atomic mass is 10.1. The van der Waals surface area contributed by atoms with Crippen molar-refractivity contribution in [3.05, 3.63) is 64.5 Å². The van der Waals surface area contributed by atoms with Gasteiger partial charge in [0.05, 0.1) is 23.7 Å². The summed E-state index contributed by atoms with van der Waals surface area (Å²) in [7, 11) is 0. The Morgan fingerprint density at radius 3 is 3.04 bits per heavy atom. The van der Waals surface area contributed by atoms with Crippen molar-refractivity contribution in [3.63, 3.8) is 0 Å².